The van der Waals surface area contributed by atoms with Gasteiger partial charge in [0.1, 0.15) is 6.23 Å². The highest BCUT2D eigenvalue weighted by molar-refractivity contribution is 6.36. The summed E-state index contributed by atoms with van der Waals surface area (Å²) in [5, 5.41) is 2.33. The SMILES string of the molecule is Clc1ccc(CC(OCc2c(Cl)cccc2Cl)n2ccnc2)c(Cl)c1. The zero-order valence-electron chi connectivity index (χ0n) is 13.0. The van der Waals surface area contributed by atoms with E-state index in [1.807, 2.05) is 16.8 Å². The van der Waals surface area contributed by atoms with Gasteiger partial charge in [0.2, 0.25) is 0 Å². The average Bonchev–Trinajstić information content (AvgIpc) is 3.09. The molecule has 0 saturated heterocycles. The number of halogens is 4. The summed E-state index contributed by atoms with van der Waals surface area (Å²) in [5.41, 5.74) is 1.67. The second-order valence-electron chi connectivity index (χ2n) is 5.42. The Bertz CT molecular complexity index is 832. The fourth-order valence-corrected chi connectivity index (χ4v) is 3.41. The number of rotatable bonds is 6. The van der Waals surface area contributed by atoms with Crippen molar-refractivity contribution < 1.29 is 4.74 Å². The van der Waals surface area contributed by atoms with E-state index in [-0.39, 0.29) is 12.8 Å². The molecular weight excluding hydrogens is 402 g/mol. The molecule has 0 spiro atoms. The van der Waals surface area contributed by atoms with E-state index in [0.29, 0.717) is 26.5 Å². The van der Waals surface area contributed by atoms with Crippen LogP contribution in [0.3, 0.4) is 0 Å². The van der Waals surface area contributed by atoms with Crippen LogP contribution in [0.4, 0.5) is 0 Å². The molecule has 130 valence electrons. The Balaban J connectivity index is 1.81. The quantitative estimate of drug-likeness (QED) is 0.462. The first kappa shape index (κ1) is 18.6. The van der Waals surface area contributed by atoms with Gasteiger partial charge >= 0.3 is 0 Å². The van der Waals surface area contributed by atoms with Gasteiger partial charge in [-0.25, -0.2) is 4.98 Å². The van der Waals surface area contributed by atoms with Crippen LogP contribution in [0.1, 0.15) is 17.4 Å². The minimum Gasteiger partial charge on any atom is -0.353 e. The lowest BCUT2D eigenvalue weighted by molar-refractivity contribution is -0.00915. The lowest BCUT2D eigenvalue weighted by Crippen LogP contribution is -2.15. The van der Waals surface area contributed by atoms with Gasteiger partial charge in [0, 0.05) is 44.5 Å². The first-order valence-electron chi connectivity index (χ1n) is 7.50. The van der Waals surface area contributed by atoms with Crippen LogP contribution in [-0.4, -0.2) is 9.55 Å². The summed E-state index contributed by atoms with van der Waals surface area (Å²) in [7, 11) is 0. The number of nitrogens with zero attached hydrogens (tertiary/aromatic N) is 2. The number of benzene rings is 2. The third-order valence-electron chi connectivity index (χ3n) is 3.75. The minimum atomic E-state index is -0.312. The second kappa shape index (κ2) is 8.43. The van der Waals surface area contributed by atoms with Crippen LogP contribution in [0.25, 0.3) is 0 Å². The maximum Gasteiger partial charge on any atom is 0.139 e. The number of hydrogen-bond acceptors (Lipinski definition) is 2. The predicted octanol–water partition coefficient (Wildman–Crippen LogP) is 6.45. The summed E-state index contributed by atoms with van der Waals surface area (Å²) >= 11 is 24.7. The molecule has 0 aliphatic carbocycles. The normalized spacial score (nSPS) is 12.3. The van der Waals surface area contributed by atoms with Crippen molar-refractivity contribution in [1.29, 1.82) is 0 Å². The van der Waals surface area contributed by atoms with Gasteiger partial charge in [-0.05, 0) is 29.8 Å². The summed E-state index contributed by atoms with van der Waals surface area (Å²) in [6, 6.07) is 10.8. The van der Waals surface area contributed by atoms with Crippen molar-refractivity contribution >= 4 is 46.4 Å². The van der Waals surface area contributed by atoms with E-state index >= 15 is 0 Å². The summed E-state index contributed by atoms with van der Waals surface area (Å²) in [5.74, 6) is 0. The molecule has 1 unspecified atom stereocenters. The van der Waals surface area contributed by atoms with E-state index < -0.39 is 0 Å². The van der Waals surface area contributed by atoms with Gasteiger partial charge in [0.05, 0.1) is 12.9 Å². The molecule has 0 aliphatic rings. The lowest BCUT2D eigenvalue weighted by Gasteiger charge is -2.21. The molecule has 0 amide bonds. The predicted molar refractivity (Wildman–Crippen MR) is 103 cm³/mol. The molecule has 1 heterocycles. The van der Waals surface area contributed by atoms with E-state index in [2.05, 4.69) is 4.98 Å². The molecule has 3 nitrogen and oxygen atoms in total. The third-order valence-corrected chi connectivity index (χ3v) is 5.04. The molecule has 0 bridgehead atoms. The van der Waals surface area contributed by atoms with E-state index in [1.165, 1.54) is 0 Å². The number of imidazole rings is 1. The number of aromatic nitrogens is 2. The van der Waals surface area contributed by atoms with Crippen molar-refractivity contribution in [3.63, 3.8) is 0 Å². The van der Waals surface area contributed by atoms with Crippen molar-refractivity contribution in [1.82, 2.24) is 9.55 Å². The zero-order valence-corrected chi connectivity index (χ0v) is 16.0. The molecule has 0 N–H and O–H groups in total. The van der Waals surface area contributed by atoms with Crippen LogP contribution in [0.5, 0.6) is 0 Å². The molecule has 0 radical (unpaired) electrons. The molecule has 0 fully saturated rings. The average molecular weight is 416 g/mol. The van der Waals surface area contributed by atoms with E-state index in [9.17, 15) is 0 Å². The number of hydrogen-bond donors (Lipinski definition) is 0. The number of ether oxygens (including phenoxy) is 1. The fourth-order valence-electron chi connectivity index (χ4n) is 2.42. The van der Waals surface area contributed by atoms with Crippen LogP contribution in [0.2, 0.25) is 20.1 Å². The minimum absolute atomic E-state index is 0.270. The standard InChI is InChI=1S/C18H14Cl4N2O/c19-13-5-4-12(17(22)9-13)8-18(24-7-6-23-11-24)25-10-14-15(20)2-1-3-16(14)21/h1-7,9,11,18H,8,10H2. The lowest BCUT2D eigenvalue weighted by atomic mass is 10.1. The molecule has 25 heavy (non-hydrogen) atoms. The monoisotopic (exact) mass is 414 g/mol. The third kappa shape index (κ3) is 4.69. The van der Waals surface area contributed by atoms with Crippen LogP contribution >= 0.6 is 46.4 Å². The molecule has 1 atom stereocenters. The molecule has 1 aromatic heterocycles. The Labute approximate surface area is 166 Å². The van der Waals surface area contributed by atoms with Crippen molar-refractivity contribution in [3.05, 3.63) is 86.3 Å². The van der Waals surface area contributed by atoms with Crippen LogP contribution in [0, 0.1) is 0 Å². The Kier molecular flexibility index (Phi) is 6.26. The van der Waals surface area contributed by atoms with Crippen LogP contribution < -0.4 is 0 Å². The van der Waals surface area contributed by atoms with Crippen LogP contribution in [0.15, 0.2) is 55.1 Å². The highest BCUT2D eigenvalue weighted by Gasteiger charge is 2.16. The van der Waals surface area contributed by atoms with Crippen molar-refractivity contribution in [2.45, 2.75) is 19.3 Å². The van der Waals surface area contributed by atoms with Crippen molar-refractivity contribution in [2.75, 3.05) is 0 Å². The van der Waals surface area contributed by atoms with E-state index in [1.54, 1.807) is 42.9 Å². The van der Waals surface area contributed by atoms with Gasteiger partial charge in [0.25, 0.3) is 0 Å². The van der Waals surface area contributed by atoms with E-state index in [0.717, 1.165) is 11.1 Å². The Morgan fingerprint density at radius 2 is 1.76 bits per heavy atom. The van der Waals surface area contributed by atoms with Crippen molar-refractivity contribution in [3.8, 4) is 0 Å². The highest BCUT2D eigenvalue weighted by Crippen LogP contribution is 2.29. The van der Waals surface area contributed by atoms with Gasteiger partial charge in [-0.3, -0.25) is 0 Å². The smallest absolute Gasteiger partial charge is 0.139 e. The summed E-state index contributed by atoms with van der Waals surface area (Å²) in [6.45, 7) is 0.270. The molecule has 2 aromatic carbocycles. The highest BCUT2D eigenvalue weighted by atomic mass is 35.5. The van der Waals surface area contributed by atoms with Crippen LogP contribution in [-0.2, 0) is 17.8 Å². The maximum absolute atomic E-state index is 6.30. The van der Waals surface area contributed by atoms with Gasteiger partial charge in [0.15, 0.2) is 0 Å². The van der Waals surface area contributed by atoms with E-state index in [4.69, 9.17) is 51.1 Å². The topological polar surface area (TPSA) is 27.1 Å². The first-order chi connectivity index (χ1) is 12.0. The summed E-state index contributed by atoms with van der Waals surface area (Å²) in [4.78, 5) is 4.09. The summed E-state index contributed by atoms with van der Waals surface area (Å²) in [6.07, 6.45) is 5.47. The maximum atomic E-state index is 6.30. The molecule has 7 heteroatoms. The van der Waals surface area contributed by atoms with Gasteiger partial charge < -0.3 is 9.30 Å². The molecule has 3 aromatic rings. The summed E-state index contributed by atoms with van der Waals surface area (Å²) < 4.78 is 7.96. The van der Waals surface area contributed by atoms with Crippen molar-refractivity contribution in [2.24, 2.45) is 0 Å². The Hall–Kier alpha value is -1.23. The molecule has 0 aliphatic heterocycles. The largest absolute Gasteiger partial charge is 0.353 e. The van der Waals surface area contributed by atoms with Gasteiger partial charge in [-0.2, -0.15) is 0 Å². The Morgan fingerprint density at radius 1 is 1.00 bits per heavy atom. The zero-order chi connectivity index (χ0) is 17.8. The fraction of sp³-hybridized carbons (Fsp3) is 0.167. The second-order valence-corrected chi connectivity index (χ2v) is 7.07. The first-order valence-corrected chi connectivity index (χ1v) is 9.01. The molecular formula is C18H14Cl4N2O. The van der Waals surface area contributed by atoms with Gasteiger partial charge in [-0.1, -0.05) is 58.5 Å². The molecule has 3 rings (SSSR count). The van der Waals surface area contributed by atoms with Gasteiger partial charge in [-0.15, -0.1) is 0 Å². The Morgan fingerprint density at radius 3 is 2.40 bits per heavy atom. The molecule has 0 saturated carbocycles.